The number of carbonyl (C=O) groups is 1. The molecular formula is C26H28Cl2N6O2. The van der Waals surface area contributed by atoms with Crippen molar-refractivity contribution >= 4 is 52.0 Å². The summed E-state index contributed by atoms with van der Waals surface area (Å²) >= 11 is 12.9. The minimum absolute atomic E-state index is 0.191. The fraction of sp³-hybridized carbons (Fsp3) is 0.308. The van der Waals surface area contributed by atoms with Crippen molar-refractivity contribution in [3.63, 3.8) is 0 Å². The Morgan fingerprint density at radius 3 is 2.50 bits per heavy atom. The first-order valence-corrected chi connectivity index (χ1v) is 12.7. The van der Waals surface area contributed by atoms with Gasteiger partial charge in [-0.3, -0.25) is 4.79 Å². The van der Waals surface area contributed by atoms with Crippen LogP contribution in [-0.4, -0.2) is 57.3 Å². The van der Waals surface area contributed by atoms with Gasteiger partial charge in [0.15, 0.2) is 0 Å². The average molecular weight is 527 g/mol. The van der Waals surface area contributed by atoms with Crippen molar-refractivity contribution in [1.82, 2.24) is 15.6 Å². The summed E-state index contributed by atoms with van der Waals surface area (Å²) in [5.74, 6) is 1.02. The number of anilines is 4. The lowest BCUT2D eigenvalue weighted by molar-refractivity contribution is 0.0958. The number of nitrogens with zero attached hydrogens (tertiary/aromatic N) is 2. The van der Waals surface area contributed by atoms with Crippen LogP contribution in [0, 0.1) is 0 Å². The zero-order chi connectivity index (χ0) is 25.1. The number of halogens is 2. The molecule has 0 saturated carbocycles. The quantitative estimate of drug-likeness (QED) is 0.380. The lowest BCUT2D eigenvalue weighted by Crippen LogP contribution is -2.43. The number of hydrogen-bond acceptors (Lipinski definition) is 7. The number of fused-ring (bicyclic) bond motifs is 1. The Hall–Kier alpha value is -3.20. The third-order valence-electron chi connectivity index (χ3n) is 6.36. The third kappa shape index (κ3) is 5.16. The highest BCUT2D eigenvalue weighted by molar-refractivity contribution is 6.36. The van der Waals surface area contributed by atoms with Gasteiger partial charge in [0.2, 0.25) is 0 Å². The number of rotatable bonds is 6. The Morgan fingerprint density at radius 2 is 1.75 bits per heavy atom. The van der Waals surface area contributed by atoms with E-state index in [1.54, 1.807) is 7.11 Å². The van der Waals surface area contributed by atoms with Crippen molar-refractivity contribution in [2.75, 3.05) is 61.9 Å². The first-order chi connectivity index (χ1) is 17.5. The molecule has 8 nitrogen and oxygen atoms in total. The predicted octanol–water partition coefficient (Wildman–Crippen LogP) is 4.30. The van der Waals surface area contributed by atoms with Crippen molar-refractivity contribution in [2.45, 2.75) is 6.42 Å². The van der Waals surface area contributed by atoms with Gasteiger partial charge >= 0.3 is 0 Å². The van der Waals surface area contributed by atoms with Gasteiger partial charge in [-0.15, -0.1) is 0 Å². The van der Waals surface area contributed by atoms with Crippen molar-refractivity contribution in [3.8, 4) is 5.75 Å². The zero-order valence-corrected chi connectivity index (χ0v) is 21.5. The molecule has 2 aromatic carbocycles. The minimum Gasteiger partial charge on any atom is -0.494 e. The fourth-order valence-electron chi connectivity index (χ4n) is 4.52. The largest absolute Gasteiger partial charge is 0.494 e. The van der Waals surface area contributed by atoms with E-state index in [1.165, 1.54) is 0 Å². The summed E-state index contributed by atoms with van der Waals surface area (Å²) in [7, 11) is 1.65. The van der Waals surface area contributed by atoms with E-state index in [4.69, 9.17) is 32.9 Å². The molecule has 4 N–H and O–H groups in total. The molecule has 1 amide bonds. The number of methoxy groups -OCH3 is 1. The van der Waals surface area contributed by atoms with E-state index < -0.39 is 0 Å². The van der Waals surface area contributed by atoms with Crippen molar-refractivity contribution in [3.05, 3.63) is 69.3 Å². The van der Waals surface area contributed by atoms with E-state index in [2.05, 4.69) is 32.2 Å². The highest BCUT2D eigenvalue weighted by Crippen LogP contribution is 2.36. The molecular weight excluding hydrogens is 499 g/mol. The molecule has 0 spiro atoms. The SMILES string of the molecule is COc1cc(N2CCNCC2)ccc1Nc1cc(Cc2c(Cl)cccc2Cl)nc2c1C(=O)NCCN2. The minimum atomic E-state index is -0.191. The van der Waals surface area contributed by atoms with Crippen LogP contribution in [0.3, 0.4) is 0 Å². The highest BCUT2D eigenvalue weighted by Gasteiger charge is 2.23. The van der Waals surface area contributed by atoms with Crippen molar-refractivity contribution in [1.29, 1.82) is 0 Å². The number of nitrogens with one attached hydrogen (secondary N) is 4. The zero-order valence-electron chi connectivity index (χ0n) is 20.0. The summed E-state index contributed by atoms with van der Waals surface area (Å²) in [5, 5.41) is 14.2. The molecule has 3 heterocycles. The van der Waals surface area contributed by atoms with E-state index in [9.17, 15) is 4.79 Å². The Balaban J connectivity index is 1.53. The first-order valence-electron chi connectivity index (χ1n) is 11.9. The van der Waals surface area contributed by atoms with Crippen LogP contribution in [0.1, 0.15) is 21.6 Å². The summed E-state index contributed by atoms with van der Waals surface area (Å²) in [6.45, 7) is 4.85. The highest BCUT2D eigenvalue weighted by atomic mass is 35.5. The molecule has 188 valence electrons. The maximum Gasteiger partial charge on any atom is 0.257 e. The lowest BCUT2D eigenvalue weighted by Gasteiger charge is -2.30. The number of aromatic nitrogens is 1. The fourth-order valence-corrected chi connectivity index (χ4v) is 5.05. The molecule has 2 aliphatic rings. The number of amides is 1. The van der Waals surface area contributed by atoms with Crippen LogP contribution in [-0.2, 0) is 6.42 Å². The maximum atomic E-state index is 13.0. The van der Waals surface area contributed by atoms with E-state index in [-0.39, 0.29) is 5.91 Å². The van der Waals surface area contributed by atoms with Gasteiger partial charge in [-0.05, 0) is 35.9 Å². The molecule has 0 aliphatic carbocycles. The first kappa shape index (κ1) is 24.5. The van der Waals surface area contributed by atoms with Gasteiger partial charge in [0.05, 0.1) is 18.5 Å². The molecule has 0 bridgehead atoms. The van der Waals surface area contributed by atoms with Gasteiger partial charge in [-0.2, -0.15) is 0 Å². The summed E-state index contributed by atoms with van der Waals surface area (Å²) in [5.41, 5.74) is 4.44. The summed E-state index contributed by atoms with van der Waals surface area (Å²) in [6, 6.07) is 13.4. The van der Waals surface area contributed by atoms with Crippen LogP contribution in [0.5, 0.6) is 5.75 Å². The number of carbonyl (C=O) groups excluding carboxylic acids is 1. The number of benzene rings is 2. The molecule has 0 atom stereocenters. The third-order valence-corrected chi connectivity index (χ3v) is 7.07. The van der Waals surface area contributed by atoms with E-state index in [0.717, 1.165) is 48.8 Å². The number of ether oxygens (including phenoxy) is 1. The summed E-state index contributed by atoms with van der Waals surface area (Å²) < 4.78 is 5.73. The molecule has 1 aromatic heterocycles. The summed E-state index contributed by atoms with van der Waals surface area (Å²) in [6.07, 6.45) is 0.419. The second-order valence-electron chi connectivity index (χ2n) is 8.69. The second-order valence-corrected chi connectivity index (χ2v) is 9.51. The van der Waals surface area contributed by atoms with Crippen LogP contribution >= 0.6 is 23.2 Å². The number of pyridine rings is 1. The molecule has 5 rings (SSSR count). The van der Waals surface area contributed by atoms with Gasteiger partial charge < -0.3 is 30.9 Å². The molecule has 1 saturated heterocycles. The molecule has 0 radical (unpaired) electrons. The standard InChI is InChI=1S/C26H28Cl2N6O2/c1-36-23-15-17(34-11-9-29-10-12-34)5-6-21(23)33-22-14-16(13-18-19(27)3-2-4-20(18)28)32-25-24(22)26(35)31-8-7-30-25/h2-6,14-15,29H,7-13H2,1H3,(H,31,35)(H2,30,32,33). The number of piperazine rings is 1. The van der Waals surface area contributed by atoms with Gasteiger partial charge in [-0.25, -0.2) is 4.98 Å². The van der Waals surface area contributed by atoms with Gasteiger partial charge in [0.25, 0.3) is 5.91 Å². The Morgan fingerprint density at radius 1 is 1.00 bits per heavy atom. The number of hydrogen-bond donors (Lipinski definition) is 4. The lowest BCUT2D eigenvalue weighted by atomic mass is 10.1. The van der Waals surface area contributed by atoms with Gasteiger partial charge in [0.1, 0.15) is 17.1 Å². The van der Waals surface area contributed by atoms with Crippen molar-refractivity contribution in [2.24, 2.45) is 0 Å². The molecule has 0 unspecified atom stereocenters. The van der Waals surface area contributed by atoms with Crippen LogP contribution < -0.4 is 30.9 Å². The van der Waals surface area contributed by atoms with Crippen LogP contribution in [0.25, 0.3) is 0 Å². The van der Waals surface area contributed by atoms with Crippen LogP contribution in [0.15, 0.2) is 42.5 Å². The van der Waals surface area contributed by atoms with Crippen molar-refractivity contribution < 1.29 is 9.53 Å². The summed E-state index contributed by atoms with van der Waals surface area (Å²) in [4.78, 5) is 20.1. The predicted molar refractivity (Wildman–Crippen MR) is 146 cm³/mol. The average Bonchev–Trinajstić information content (AvgIpc) is 3.08. The van der Waals surface area contributed by atoms with Crippen LogP contribution in [0.2, 0.25) is 10.0 Å². The molecule has 3 aromatic rings. The van der Waals surface area contributed by atoms with Crippen LogP contribution in [0.4, 0.5) is 22.9 Å². The second kappa shape index (κ2) is 10.8. The Labute approximate surface area is 220 Å². The molecule has 1 fully saturated rings. The van der Waals surface area contributed by atoms with E-state index in [0.29, 0.717) is 52.4 Å². The van der Waals surface area contributed by atoms with E-state index in [1.807, 2.05) is 36.4 Å². The Bertz CT molecular complexity index is 1260. The van der Waals surface area contributed by atoms with E-state index >= 15 is 0 Å². The molecule has 36 heavy (non-hydrogen) atoms. The normalized spacial score (nSPS) is 15.4. The molecule has 10 heteroatoms. The molecule has 2 aliphatic heterocycles. The smallest absolute Gasteiger partial charge is 0.257 e. The van der Waals surface area contributed by atoms with Gasteiger partial charge in [-0.1, -0.05) is 29.3 Å². The maximum absolute atomic E-state index is 13.0. The van der Waals surface area contributed by atoms with Gasteiger partial charge in [0, 0.05) is 73.2 Å². The topological polar surface area (TPSA) is 90.6 Å². The Kier molecular flexibility index (Phi) is 7.36. The monoisotopic (exact) mass is 526 g/mol.